The number of nitrogens with zero attached hydrogens (tertiary/aromatic N) is 4. The van der Waals surface area contributed by atoms with E-state index in [9.17, 15) is 13.2 Å². The van der Waals surface area contributed by atoms with Crippen molar-refractivity contribution < 1.29 is 13.2 Å². The highest BCUT2D eigenvalue weighted by Gasteiger charge is 2.31. The van der Waals surface area contributed by atoms with Crippen molar-refractivity contribution in [2.24, 2.45) is 0 Å². The van der Waals surface area contributed by atoms with Crippen LogP contribution in [-0.2, 0) is 10.0 Å². The molecule has 0 radical (unpaired) electrons. The highest BCUT2D eigenvalue weighted by molar-refractivity contribution is 7.91. The van der Waals surface area contributed by atoms with Gasteiger partial charge in [-0.15, -0.1) is 11.3 Å². The Morgan fingerprint density at radius 3 is 2.52 bits per heavy atom. The van der Waals surface area contributed by atoms with Crippen LogP contribution >= 0.6 is 11.3 Å². The summed E-state index contributed by atoms with van der Waals surface area (Å²) in [5.74, 6) is -0.166. The number of aromatic nitrogens is 2. The third-order valence-corrected chi connectivity index (χ3v) is 8.04. The molecule has 3 aromatic rings. The number of thiophene rings is 1. The van der Waals surface area contributed by atoms with E-state index in [4.69, 9.17) is 0 Å². The number of rotatable bonds is 3. The lowest BCUT2D eigenvalue weighted by molar-refractivity contribution is 0.0693. The van der Waals surface area contributed by atoms with Crippen molar-refractivity contribution in [1.82, 2.24) is 18.6 Å². The van der Waals surface area contributed by atoms with Crippen molar-refractivity contribution in [2.45, 2.75) is 18.1 Å². The molecule has 0 atom stereocenters. The minimum absolute atomic E-state index is 0.166. The number of carbonyl (C=O) groups is 1. The summed E-state index contributed by atoms with van der Waals surface area (Å²) in [6.45, 7) is 5.15. The second kappa shape index (κ2) is 6.74. The topological polar surface area (TPSA) is 75.0 Å². The monoisotopic (exact) mass is 404 g/mol. The molecule has 7 nitrogen and oxygen atoms in total. The normalized spacial score (nSPS) is 16.1. The van der Waals surface area contributed by atoms with Crippen LogP contribution in [-0.4, -0.2) is 59.1 Å². The van der Waals surface area contributed by atoms with Crippen molar-refractivity contribution in [3.63, 3.8) is 0 Å². The molecule has 0 aromatic carbocycles. The van der Waals surface area contributed by atoms with Crippen molar-refractivity contribution in [3.8, 4) is 0 Å². The van der Waals surface area contributed by atoms with E-state index in [2.05, 4.69) is 4.98 Å². The van der Waals surface area contributed by atoms with Crippen LogP contribution in [0.25, 0.3) is 5.65 Å². The third-order valence-electron chi connectivity index (χ3n) is 4.67. The number of hydrogen-bond donors (Lipinski definition) is 0. The Morgan fingerprint density at radius 1 is 1.11 bits per heavy atom. The van der Waals surface area contributed by atoms with E-state index < -0.39 is 10.0 Å². The number of pyridine rings is 1. The zero-order chi connectivity index (χ0) is 19.2. The Labute approximate surface area is 161 Å². The molecular formula is C18H20N4O3S2. The van der Waals surface area contributed by atoms with Gasteiger partial charge in [0.1, 0.15) is 15.6 Å². The van der Waals surface area contributed by atoms with E-state index in [0.29, 0.717) is 23.0 Å². The molecule has 1 amide bonds. The quantitative estimate of drug-likeness (QED) is 0.670. The average molecular weight is 405 g/mol. The van der Waals surface area contributed by atoms with Gasteiger partial charge >= 0.3 is 0 Å². The summed E-state index contributed by atoms with van der Waals surface area (Å²) >= 11 is 1.27. The molecule has 0 bridgehead atoms. The van der Waals surface area contributed by atoms with Crippen molar-refractivity contribution >= 4 is 32.9 Å². The lowest BCUT2D eigenvalue weighted by atomic mass is 10.3. The zero-order valence-electron chi connectivity index (χ0n) is 15.1. The Balaban J connectivity index is 1.47. The number of hydrogen-bond acceptors (Lipinski definition) is 5. The maximum Gasteiger partial charge on any atom is 0.274 e. The summed E-state index contributed by atoms with van der Waals surface area (Å²) in [7, 11) is -3.49. The second-order valence-corrected chi connectivity index (χ2v) is 10.1. The minimum Gasteiger partial charge on any atom is -0.335 e. The first-order valence-corrected chi connectivity index (χ1v) is 10.9. The van der Waals surface area contributed by atoms with E-state index in [1.54, 1.807) is 17.2 Å². The van der Waals surface area contributed by atoms with Crippen LogP contribution < -0.4 is 0 Å². The fourth-order valence-electron chi connectivity index (χ4n) is 3.16. The van der Waals surface area contributed by atoms with Gasteiger partial charge in [-0.05, 0) is 43.7 Å². The maximum absolute atomic E-state index is 12.8. The van der Waals surface area contributed by atoms with Gasteiger partial charge in [-0.3, -0.25) is 4.79 Å². The molecular weight excluding hydrogens is 384 g/mol. The number of carbonyl (C=O) groups excluding carboxylic acids is 1. The molecule has 1 aliphatic heterocycles. The SMILES string of the molecule is Cc1ccn2cc(C(=O)N3CCN(S(=O)(=O)c4ccc(C)s4)CC3)nc2c1. The molecule has 0 saturated carbocycles. The number of amides is 1. The Morgan fingerprint density at radius 2 is 1.85 bits per heavy atom. The summed E-state index contributed by atoms with van der Waals surface area (Å²) in [5, 5.41) is 0. The van der Waals surface area contributed by atoms with Crippen LogP contribution in [0.5, 0.6) is 0 Å². The van der Waals surface area contributed by atoms with Gasteiger partial charge in [-0.25, -0.2) is 13.4 Å². The lowest BCUT2D eigenvalue weighted by Crippen LogP contribution is -2.50. The summed E-state index contributed by atoms with van der Waals surface area (Å²) in [6.07, 6.45) is 3.59. The molecule has 1 aliphatic rings. The predicted octanol–water partition coefficient (Wildman–Crippen LogP) is 2.16. The molecule has 0 spiro atoms. The average Bonchev–Trinajstić information content (AvgIpc) is 3.27. The van der Waals surface area contributed by atoms with Gasteiger partial charge in [0, 0.05) is 43.4 Å². The summed E-state index contributed by atoms with van der Waals surface area (Å²) < 4.78 is 29.1. The molecule has 4 heterocycles. The number of imidazole rings is 1. The third kappa shape index (κ3) is 3.38. The van der Waals surface area contributed by atoms with Crippen molar-refractivity contribution in [2.75, 3.05) is 26.2 Å². The van der Waals surface area contributed by atoms with E-state index in [-0.39, 0.29) is 19.0 Å². The van der Waals surface area contributed by atoms with Crippen LogP contribution in [0.15, 0.2) is 40.9 Å². The Kier molecular flexibility index (Phi) is 4.53. The van der Waals surface area contributed by atoms with E-state index >= 15 is 0 Å². The number of fused-ring (bicyclic) bond motifs is 1. The van der Waals surface area contributed by atoms with Gasteiger partial charge in [0.2, 0.25) is 0 Å². The lowest BCUT2D eigenvalue weighted by Gasteiger charge is -2.33. The molecule has 0 N–H and O–H groups in total. The zero-order valence-corrected chi connectivity index (χ0v) is 16.8. The fourth-order valence-corrected chi connectivity index (χ4v) is 6.02. The molecule has 142 valence electrons. The molecule has 9 heteroatoms. The van der Waals surface area contributed by atoms with Crippen LogP contribution in [0.2, 0.25) is 0 Å². The van der Waals surface area contributed by atoms with E-state index in [0.717, 1.165) is 16.1 Å². The van der Waals surface area contributed by atoms with Gasteiger partial charge in [0.15, 0.2) is 0 Å². The Bertz CT molecular complexity index is 1110. The summed E-state index contributed by atoms with van der Waals surface area (Å²) in [6, 6.07) is 7.33. The molecule has 0 unspecified atom stereocenters. The van der Waals surface area contributed by atoms with Gasteiger partial charge < -0.3 is 9.30 Å². The van der Waals surface area contributed by atoms with Crippen molar-refractivity contribution in [1.29, 1.82) is 0 Å². The minimum atomic E-state index is -3.49. The first kappa shape index (κ1) is 18.1. The molecule has 27 heavy (non-hydrogen) atoms. The summed E-state index contributed by atoms with van der Waals surface area (Å²) in [4.78, 5) is 19.8. The van der Waals surface area contributed by atoms with Gasteiger partial charge in [-0.1, -0.05) is 0 Å². The van der Waals surface area contributed by atoms with Crippen LogP contribution in [0, 0.1) is 13.8 Å². The van der Waals surface area contributed by atoms with Gasteiger partial charge in [0.25, 0.3) is 15.9 Å². The van der Waals surface area contributed by atoms with E-state index in [1.165, 1.54) is 15.6 Å². The van der Waals surface area contributed by atoms with E-state index in [1.807, 2.05) is 42.6 Å². The second-order valence-electron chi connectivity index (χ2n) is 6.66. The standard InChI is InChI=1S/C18H20N4O3S2/c1-13-5-6-21-12-15(19-16(21)11-13)18(23)20-7-9-22(10-8-20)27(24,25)17-4-3-14(2)26-17/h3-6,11-12H,7-10H2,1-2H3. The van der Waals surface area contributed by atoms with Crippen LogP contribution in [0.4, 0.5) is 0 Å². The summed E-state index contributed by atoms with van der Waals surface area (Å²) in [5.41, 5.74) is 2.19. The van der Waals surface area contributed by atoms with Crippen LogP contribution in [0.1, 0.15) is 20.9 Å². The smallest absolute Gasteiger partial charge is 0.274 e. The number of aryl methyl sites for hydroxylation is 2. The van der Waals surface area contributed by atoms with Crippen molar-refractivity contribution in [3.05, 3.63) is 52.8 Å². The largest absolute Gasteiger partial charge is 0.335 e. The molecule has 0 aliphatic carbocycles. The highest BCUT2D eigenvalue weighted by atomic mass is 32.2. The van der Waals surface area contributed by atoms with Gasteiger partial charge in [0.05, 0.1) is 0 Å². The van der Waals surface area contributed by atoms with Gasteiger partial charge in [-0.2, -0.15) is 4.31 Å². The molecule has 1 fully saturated rings. The molecule has 4 rings (SSSR count). The van der Waals surface area contributed by atoms with Crippen LogP contribution in [0.3, 0.4) is 0 Å². The maximum atomic E-state index is 12.8. The highest BCUT2D eigenvalue weighted by Crippen LogP contribution is 2.25. The molecule has 3 aromatic heterocycles. The number of sulfonamides is 1. The fraction of sp³-hybridized carbons (Fsp3) is 0.333. The first-order chi connectivity index (χ1) is 12.8. The first-order valence-electron chi connectivity index (χ1n) is 8.66. The molecule has 1 saturated heterocycles. The number of piperazine rings is 1. The predicted molar refractivity (Wildman–Crippen MR) is 104 cm³/mol. The Hall–Kier alpha value is -2.23.